The third-order valence-electron chi connectivity index (χ3n) is 1.41. The van der Waals surface area contributed by atoms with E-state index in [4.69, 9.17) is 11.2 Å². The Kier molecular flexibility index (Phi) is 2.74. The van der Waals surface area contributed by atoms with Crippen LogP contribution in [0.25, 0.3) is 0 Å². The summed E-state index contributed by atoms with van der Waals surface area (Å²) in [4.78, 5) is 0. The molecule has 0 aliphatic rings. The molecule has 1 aromatic rings. The number of benzene rings is 1. The molecule has 0 amide bonds. The minimum absolute atomic E-state index is 0.385. The third-order valence-corrected chi connectivity index (χ3v) is 4.19. The Balaban J connectivity index is 3.17. The van der Waals surface area contributed by atoms with Crippen molar-refractivity contribution in [2.24, 2.45) is 0 Å². The standard InChI is InChI=1S/C7H5ClF3OP/c8-13(12,7(9,10)11)6-4-2-1-3-5-6/h1-5H. The second-order valence-electron chi connectivity index (χ2n) is 2.34. The van der Waals surface area contributed by atoms with E-state index in [1.165, 1.54) is 18.2 Å². The fourth-order valence-corrected chi connectivity index (χ4v) is 1.95. The molecule has 0 saturated carbocycles. The van der Waals surface area contributed by atoms with Gasteiger partial charge in [0.15, 0.2) is 0 Å². The van der Waals surface area contributed by atoms with Crippen LogP contribution < -0.4 is 5.30 Å². The van der Waals surface area contributed by atoms with Gasteiger partial charge in [-0.25, -0.2) is 0 Å². The Morgan fingerprint density at radius 2 is 1.62 bits per heavy atom. The zero-order valence-corrected chi connectivity index (χ0v) is 7.90. The fraction of sp³-hybridized carbons (Fsp3) is 0.143. The van der Waals surface area contributed by atoms with Gasteiger partial charge in [0.25, 0.3) is 6.49 Å². The first-order valence-corrected chi connectivity index (χ1v) is 5.89. The van der Waals surface area contributed by atoms with Gasteiger partial charge in [0.2, 0.25) is 0 Å². The maximum absolute atomic E-state index is 12.1. The van der Waals surface area contributed by atoms with Crippen molar-refractivity contribution in [3.63, 3.8) is 0 Å². The van der Waals surface area contributed by atoms with Gasteiger partial charge in [-0.15, -0.1) is 0 Å². The summed E-state index contributed by atoms with van der Waals surface area (Å²) in [5.74, 6) is -4.88. The molecule has 0 aliphatic carbocycles. The first-order chi connectivity index (χ1) is 5.86. The molecule has 0 saturated heterocycles. The molecule has 0 radical (unpaired) electrons. The molecule has 0 fully saturated rings. The highest BCUT2D eigenvalue weighted by Crippen LogP contribution is 2.63. The van der Waals surface area contributed by atoms with Gasteiger partial charge in [-0.05, 0) is 11.2 Å². The van der Waals surface area contributed by atoms with Crippen LogP contribution >= 0.6 is 17.7 Å². The van der Waals surface area contributed by atoms with Crippen LogP contribution in [0.3, 0.4) is 0 Å². The molecular formula is C7H5ClF3OP. The minimum Gasteiger partial charge on any atom is -0.292 e. The highest BCUT2D eigenvalue weighted by Gasteiger charge is 2.50. The molecule has 0 N–H and O–H groups in total. The summed E-state index contributed by atoms with van der Waals surface area (Å²) >= 11 is 4.97. The number of hydrogen-bond acceptors (Lipinski definition) is 1. The lowest BCUT2D eigenvalue weighted by Gasteiger charge is -2.13. The van der Waals surface area contributed by atoms with Crippen molar-refractivity contribution in [2.45, 2.75) is 5.92 Å². The summed E-state index contributed by atoms with van der Waals surface area (Å²) < 4.78 is 47.4. The molecule has 72 valence electrons. The summed E-state index contributed by atoms with van der Waals surface area (Å²) in [5.41, 5.74) is 0. The van der Waals surface area contributed by atoms with Gasteiger partial charge in [0.05, 0.1) is 0 Å². The van der Waals surface area contributed by atoms with E-state index in [2.05, 4.69) is 0 Å². The van der Waals surface area contributed by atoms with E-state index in [1.54, 1.807) is 0 Å². The molecular weight excluding hydrogens is 223 g/mol. The minimum atomic E-state index is -4.88. The van der Waals surface area contributed by atoms with Gasteiger partial charge in [-0.1, -0.05) is 30.3 Å². The molecule has 6 heteroatoms. The van der Waals surface area contributed by atoms with Crippen LogP contribution in [-0.4, -0.2) is 5.92 Å². The summed E-state index contributed by atoms with van der Waals surface area (Å²) in [6.07, 6.45) is 0. The van der Waals surface area contributed by atoms with Crippen LogP contribution in [0.15, 0.2) is 30.3 Å². The molecule has 1 nitrogen and oxygen atoms in total. The normalized spacial score (nSPS) is 16.6. The Bertz CT molecular complexity index is 335. The van der Waals surface area contributed by atoms with Crippen LogP contribution in [-0.2, 0) is 4.57 Å². The Labute approximate surface area is 77.7 Å². The monoisotopic (exact) mass is 228 g/mol. The highest BCUT2D eigenvalue weighted by atomic mass is 35.7. The molecule has 0 heterocycles. The van der Waals surface area contributed by atoms with Gasteiger partial charge in [0, 0.05) is 5.30 Å². The molecule has 0 spiro atoms. The second kappa shape index (κ2) is 3.35. The Morgan fingerprint density at radius 3 is 2.00 bits per heavy atom. The lowest BCUT2D eigenvalue weighted by molar-refractivity contribution is -0.0427. The van der Waals surface area contributed by atoms with E-state index in [1.807, 2.05) is 0 Å². The quantitative estimate of drug-likeness (QED) is 0.674. The number of rotatable bonds is 1. The van der Waals surface area contributed by atoms with Crippen LogP contribution in [0, 0.1) is 0 Å². The van der Waals surface area contributed by atoms with E-state index in [-0.39, 0.29) is 5.30 Å². The van der Waals surface area contributed by atoms with E-state index in [0.717, 1.165) is 12.1 Å². The van der Waals surface area contributed by atoms with Crippen molar-refractivity contribution in [1.29, 1.82) is 0 Å². The van der Waals surface area contributed by atoms with E-state index in [0.29, 0.717) is 0 Å². The smallest absolute Gasteiger partial charge is 0.292 e. The maximum Gasteiger partial charge on any atom is 0.458 e. The first kappa shape index (κ1) is 10.6. The third kappa shape index (κ3) is 2.06. The van der Waals surface area contributed by atoms with Crippen molar-refractivity contribution in [3.8, 4) is 0 Å². The van der Waals surface area contributed by atoms with Crippen molar-refractivity contribution in [1.82, 2.24) is 0 Å². The summed E-state index contributed by atoms with van der Waals surface area (Å²) in [5, 5.41) is -0.385. The average molecular weight is 229 g/mol. The SMILES string of the molecule is O=P(Cl)(c1ccccc1)C(F)(F)F. The van der Waals surface area contributed by atoms with Crippen LogP contribution in [0.5, 0.6) is 0 Å². The summed E-state index contributed by atoms with van der Waals surface area (Å²) in [7, 11) is 0. The molecule has 1 rings (SSSR count). The van der Waals surface area contributed by atoms with Gasteiger partial charge >= 0.3 is 5.92 Å². The topological polar surface area (TPSA) is 17.1 Å². The van der Waals surface area contributed by atoms with Crippen molar-refractivity contribution >= 4 is 23.0 Å². The fourth-order valence-electron chi connectivity index (χ4n) is 0.766. The molecule has 13 heavy (non-hydrogen) atoms. The molecule has 1 atom stereocenters. The van der Waals surface area contributed by atoms with Crippen molar-refractivity contribution < 1.29 is 17.7 Å². The summed E-state index contributed by atoms with van der Waals surface area (Å²) in [6.45, 7) is -4.76. The van der Waals surface area contributed by atoms with E-state index < -0.39 is 12.4 Å². The van der Waals surface area contributed by atoms with Crippen molar-refractivity contribution in [2.75, 3.05) is 0 Å². The maximum atomic E-state index is 12.1. The molecule has 1 unspecified atom stereocenters. The lowest BCUT2D eigenvalue weighted by atomic mass is 10.4. The number of halogens is 4. The first-order valence-electron chi connectivity index (χ1n) is 3.28. The average Bonchev–Trinajstić information content (AvgIpc) is 2.04. The number of alkyl halides is 3. The Morgan fingerprint density at radius 1 is 1.15 bits per heavy atom. The molecule has 0 aliphatic heterocycles. The highest BCUT2D eigenvalue weighted by molar-refractivity contribution is 7.95. The molecule has 0 bridgehead atoms. The van der Waals surface area contributed by atoms with Crippen molar-refractivity contribution in [3.05, 3.63) is 30.3 Å². The van der Waals surface area contributed by atoms with E-state index >= 15 is 0 Å². The Hall–Kier alpha value is -0.470. The van der Waals surface area contributed by atoms with E-state index in [9.17, 15) is 17.7 Å². The van der Waals surface area contributed by atoms with Gasteiger partial charge in [-0.3, -0.25) is 4.57 Å². The lowest BCUT2D eigenvalue weighted by Crippen LogP contribution is -2.14. The van der Waals surface area contributed by atoms with Gasteiger partial charge < -0.3 is 0 Å². The van der Waals surface area contributed by atoms with Gasteiger partial charge in [-0.2, -0.15) is 13.2 Å². The van der Waals surface area contributed by atoms with Crippen LogP contribution in [0.4, 0.5) is 13.2 Å². The second-order valence-corrected chi connectivity index (χ2v) is 5.85. The molecule has 0 aromatic heterocycles. The predicted octanol–water partition coefficient (Wildman–Crippen LogP) is 3.35. The zero-order valence-electron chi connectivity index (χ0n) is 6.25. The van der Waals surface area contributed by atoms with Crippen LogP contribution in [0.2, 0.25) is 0 Å². The largest absolute Gasteiger partial charge is 0.458 e. The summed E-state index contributed by atoms with van der Waals surface area (Å²) in [6, 6.07) is 6.44. The van der Waals surface area contributed by atoms with Gasteiger partial charge in [0.1, 0.15) is 0 Å². The molecule has 1 aromatic carbocycles. The van der Waals surface area contributed by atoms with Crippen LogP contribution in [0.1, 0.15) is 0 Å². The predicted molar refractivity (Wildman–Crippen MR) is 45.6 cm³/mol. The zero-order chi connectivity index (χ0) is 10.1. The number of hydrogen-bond donors (Lipinski definition) is 0.